The Hall–Kier alpha value is -1.80. The van der Waals surface area contributed by atoms with Gasteiger partial charge in [0, 0.05) is 17.7 Å². The third-order valence-electron chi connectivity index (χ3n) is 2.12. The number of hydrogen-bond donors (Lipinski definition) is 1. The second-order valence-corrected chi connectivity index (χ2v) is 5.03. The fourth-order valence-corrected chi connectivity index (χ4v) is 2.35. The van der Waals surface area contributed by atoms with Gasteiger partial charge in [-0.2, -0.15) is 0 Å². The summed E-state index contributed by atoms with van der Waals surface area (Å²) in [5, 5.41) is 12.9. The van der Waals surface area contributed by atoms with Crippen LogP contribution in [0.1, 0.15) is 5.56 Å². The highest BCUT2D eigenvalue weighted by Crippen LogP contribution is 2.27. The minimum atomic E-state index is -0.640. The van der Waals surface area contributed by atoms with Crippen LogP contribution in [0.4, 0.5) is 10.1 Å². The van der Waals surface area contributed by atoms with Gasteiger partial charge in [0.05, 0.1) is 9.83 Å². The molecule has 1 aromatic carbocycles. The number of nitrogens with one attached hydrogen (secondary N) is 1. The molecule has 2 rings (SSSR count). The molecule has 0 spiro atoms. The third-order valence-corrected chi connectivity index (χ3v) is 3.28. The number of amides is 1. The molecule has 1 amide bonds. The topological polar surface area (TPSA) is 72.2 Å². The van der Waals surface area contributed by atoms with E-state index in [1.54, 1.807) is 0 Å². The molecular weight excluding hydrogens is 279 g/mol. The van der Waals surface area contributed by atoms with Crippen LogP contribution in [0.3, 0.4) is 0 Å². The summed E-state index contributed by atoms with van der Waals surface area (Å²) in [5.41, 5.74) is -0.263. The fourth-order valence-electron chi connectivity index (χ4n) is 1.32. The first-order valence-corrected chi connectivity index (χ1v) is 5.88. The number of hydrogen-bond acceptors (Lipinski definition) is 5. The van der Waals surface area contributed by atoms with E-state index in [1.165, 1.54) is 6.08 Å². The number of nitro groups is 1. The van der Waals surface area contributed by atoms with Crippen LogP contribution in [0.25, 0.3) is 6.08 Å². The Morgan fingerprint density at radius 2 is 2.22 bits per heavy atom. The van der Waals surface area contributed by atoms with Gasteiger partial charge in [-0.3, -0.25) is 14.9 Å². The first kappa shape index (κ1) is 12.7. The van der Waals surface area contributed by atoms with Crippen molar-refractivity contribution in [1.29, 1.82) is 0 Å². The molecule has 8 heteroatoms. The number of nitro benzene ring substituents is 1. The zero-order valence-electron chi connectivity index (χ0n) is 8.68. The predicted molar refractivity (Wildman–Crippen MR) is 69.4 cm³/mol. The molecule has 1 aliphatic rings. The molecule has 1 saturated heterocycles. The number of thioether (sulfide) groups is 1. The Labute approximate surface area is 110 Å². The van der Waals surface area contributed by atoms with Gasteiger partial charge in [-0.25, -0.2) is 4.39 Å². The fraction of sp³-hybridized carbons (Fsp3) is 0. The molecule has 1 aromatic rings. The number of rotatable bonds is 2. The highest BCUT2D eigenvalue weighted by atomic mass is 32.2. The van der Waals surface area contributed by atoms with Crippen LogP contribution < -0.4 is 5.32 Å². The van der Waals surface area contributed by atoms with Crippen molar-refractivity contribution in [2.24, 2.45) is 0 Å². The van der Waals surface area contributed by atoms with Gasteiger partial charge in [0.1, 0.15) is 10.1 Å². The molecule has 92 valence electrons. The molecule has 1 aliphatic heterocycles. The highest BCUT2D eigenvalue weighted by Gasteiger charge is 2.22. The molecule has 1 heterocycles. The summed E-state index contributed by atoms with van der Waals surface area (Å²) in [6.45, 7) is 0. The number of non-ortho nitro benzene ring substituents is 1. The lowest BCUT2D eigenvalue weighted by Gasteiger charge is -1.98. The van der Waals surface area contributed by atoms with Crippen LogP contribution in [0.15, 0.2) is 23.1 Å². The molecule has 0 bridgehead atoms. The standard InChI is InChI=1S/C10H5FN2O3S2/c11-7-2-1-6(13(15)16)3-5(7)4-8-9(14)12-10(17)18-8/h1-4H,(H,12,14,17). The zero-order valence-corrected chi connectivity index (χ0v) is 10.3. The summed E-state index contributed by atoms with van der Waals surface area (Å²) < 4.78 is 13.7. The third kappa shape index (κ3) is 2.54. The SMILES string of the molecule is O=C1NC(=S)SC1=Cc1cc([N+](=O)[O-])ccc1F. The monoisotopic (exact) mass is 284 g/mol. The van der Waals surface area contributed by atoms with Crippen molar-refractivity contribution in [3.63, 3.8) is 0 Å². The average Bonchev–Trinajstić information content (AvgIpc) is 2.60. The van der Waals surface area contributed by atoms with Gasteiger partial charge in [-0.05, 0) is 12.1 Å². The Balaban J connectivity index is 2.42. The van der Waals surface area contributed by atoms with Gasteiger partial charge < -0.3 is 5.32 Å². The second-order valence-electron chi connectivity index (χ2n) is 3.32. The number of thiocarbonyl (C=S) groups is 1. The minimum Gasteiger partial charge on any atom is -0.307 e. The second kappa shape index (κ2) is 4.83. The van der Waals surface area contributed by atoms with Crippen LogP contribution in [0.5, 0.6) is 0 Å². The van der Waals surface area contributed by atoms with Gasteiger partial charge in [-0.15, -0.1) is 0 Å². The molecule has 1 fully saturated rings. The summed E-state index contributed by atoms with van der Waals surface area (Å²) in [4.78, 5) is 21.5. The quantitative estimate of drug-likeness (QED) is 0.390. The molecule has 0 atom stereocenters. The van der Waals surface area contributed by atoms with E-state index in [9.17, 15) is 19.3 Å². The number of carbonyl (C=O) groups excluding carboxylic acids is 1. The number of nitrogens with zero attached hydrogens (tertiary/aromatic N) is 1. The molecule has 0 unspecified atom stereocenters. The first-order valence-electron chi connectivity index (χ1n) is 4.66. The van der Waals surface area contributed by atoms with Crippen LogP contribution in [0, 0.1) is 15.9 Å². The summed E-state index contributed by atoms with van der Waals surface area (Å²) in [7, 11) is 0. The first-order chi connectivity index (χ1) is 8.47. The van der Waals surface area contributed by atoms with Gasteiger partial charge in [0.25, 0.3) is 11.6 Å². The molecule has 0 radical (unpaired) electrons. The Morgan fingerprint density at radius 3 is 2.78 bits per heavy atom. The summed E-state index contributed by atoms with van der Waals surface area (Å²) in [6.07, 6.45) is 1.24. The largest absolute Gasteiger partial charge is 0.307 e. The molecular formula is C10H5FN2O3S2. The van der Waals surface area contributed by atoms with Crippen molar-refractivity contribution in [3.8, 4) is 0 Å². The van der Waals surface area contributed by atoms with E-state index in [2.05, 4.69) is 5.32 Å². The molecule has 18 heavy (non-hydrogen) atoms. The Bertz CT molecular complexity index is 601. The van der Waals surface area contributed by atoms with E-state index >= 15 is 0 Å². The van der Waals surface area contributed by atoms with Gasteiger partial charge >= 0.3 is 0 Å². The Kier molecular flexibility index (Phi) is 3.39. The van der Waals surface area contributed by atoms with Crippen LogP contribution >= 0.6 is 24.0 Å². The molecule has 0 aromatic heterocycles. The lowest BCUT2D eigenvalue weighted by Crippen LogP contribution is -2.17. The molecule has 5 nitrogen and oxygen atoms in total. The molecule has 1 N–H and O–H groups in total. The highest BCUT2D eigenvalue weighted by molar-refractivity contribution is 8.26. The van der Waals surface area contributed by atoms with Gasteiger partial charge in [0.2, 0.25) is 0 Å². The van der Waals surface area contributed by atoms with Crippen molar-refractivity contribution in [3.05, 3.63) is 44.6 Å². The summed E-state index contributed by atoms with van der Waals surface area (Å²) >= 11 is 5.76. The van der Waals surface area contributed by atoms with Crippen molar-refractivity contribution < 1.29 is 14.1 Å². The average molecular weight is 284 g/mol. The zero-order chi connectivity index (χ0) is 13.3. The maximum absolute atomic E-state index is 13.5. The van der Waals surface area contributed by atoms with Crippen molar-refractivity contribution in [2.45, 2.75) is 0 Å². The van der Waals surface area contributed by atoms with E-state index in [0.29, 0.717) is 0 Å². The minimum absolute atomic E-state index is 0.0217. The number of halogens is 1. The molecule has 0 saturated carbocycles. The normalized spacial score (nSPS) is 17.1. The Morgan fingerprint density at radius 1 is 1.50 bits per heavy atom. The summed E-state index contributed by atoms with van der Waals surface area (Å²) in [5.74, 6) is -1.07. The van der Waals surface area contributed by atoms with Gasteiger partial charge in [0.15, 0.2) is 0 Å². The maximum Gasteiger partial charge on any atom is 0.270 e. The van der Waals surface area contributed by atoms with Crippen LogP contribution in [-0.4, -0.2) is 15.2 Å². The van der Waals surface area contributed by atoms with Gasteiger partial charge in [-0.1, -0.05) is 24.0 Å². The van der Waals surface area contributed by atoms with Crippen molar-refractivity contribution >= 4 is 46.0 Å². The van der Waals surface area contributed by atoms with Crippen molar-refractivity contribution in [2.75, 3.05) is 0 Å². The van der Waals surface area contributed by atoms with Crippen LogP contribution in [-0.2, 0) is 4.79 Å². The summed E-state index contributed by atoms with van der Waals surface area (Å²) in [6, 6.07) is 3.11. The maximum atomic E-state index is 13.5. The van der Waals surface area contributed by atoms with Crippen LogP contribution in [0.2, 0.25) is 0 Å². The smallest absolute Gasteiger partial charge is 0.270 e. The van der Waals surface area contributed by atoms with E-state index in [1.807, 2.05) is 0 Å². The molecule has 0 aliphatic carbocycles. The van der Waals surface area contributed by atoms with E-state index in [0.717, 1.165) is 30.0 Å². The van der Waals surface area contributed by atoms with Crippen molar-refractivity contribution in [1.82, 2.24) is 5.32 Å². The predicted octanol–water partition coefficient (Wildman–Crippen LogP) is 2.22. The van der Waals surface area contributed by atoms with E-state index < -0.39 is 16.6 Å². The lowest BCUT2D eigenvalue weighted by molar-refractivity contribution is -0.384. The number of carbonyl (C=O) groups is 1. The van der Waals surface area contributed by atoms with E-state index in [-0.39, 0.29) is 20.5 Å². The lowest BCUT2D eigenvalue weighted by atomic mass is 10.1. The van der Waals surface area contributed by atoms with E-state index in [4.69, 9.17) is 12.2 Å². The number of benzene rings is 1.